The Bertz CT molecular complexity index is 1460. The molecule has 11 nitrogen and oxygen atoms in total. The summed E-state index contributed by atoms with van der Waals surface area (Å²) in [5, 5.41) is 34.8. The lowest BCUT2D eigenvalue weighted by molar-refractivity contribution is -0.394. The molecule has 3 aromatic carbocycles. The Morgan fingerprint density at radius 2 is 1.76 bits per heavy atom. The van der Waals surface area contributed by atoms with E-state index < -0.39 is 27.1 Å². The maximum absolute atomic E-state index is 12.7. The van der Waals surface area contributed by atoms with Gasteiger partial charge in [-0.15, -0.1) is 0 Å². The quantitative estimate of drug-likeness (QED) is 0.122. The molecule has 0 fully saturated rings. The summed E-state index contributed by atoms with van der Waals surface area (Å²) < 4.78 is 11.7. The Morgan fingerprint density at radius 1 is 1.05 bits per heavy atom. The highest BCUT2D eigenvalue weighted by Crippen LogP contribution is 2.43. The number of hydrogen-bond donors (Lipinski definition) is 1. The number of carbonyl (C=O) groups is 1. The maximum atomic E-state index is 12.7. The Balaban J connectivity index is 1.95. The Labute approximate surface area is 225 Å². The number of carbonyl (C=O) groups excluding carboxylic acids is 1. The minimum Gasteiger partial charge on any atom is -0.490 e. The fourth-order valence-electron chi connectivity index (χ4n) is 3.33. The molecule has 0 aliphatic rings. The molecule has 3 aromatic rings. The third-order valence-corrected chi connectivity index (χ3v) is 5.78. The van der Waals surface area contributed by atoms with Crippen LogP contribution < -0.4 is 14.8 Å². The van der Waals surface area contributed by atoms with Gasteiger partial charge in [-0.2, -0.15) is 5.26 Å². The Kier molecular flexibility index (Phi) is 9.13. The van der Waals surface area contributed by atoms with Crippen molar-refractivity contribution in [1.82, 2.24) is 0 Å². The first-order valence-corrected chi connectivity index (χ1v) is 12.0. The number of amides is 1. The molecule has 0 spiro atoms. The molecule has 0 unspecified atom stereocenters. The second-order valence-corrected chi connectivity index (χ2v) is 8.56. The summed E-state index contributed by atoms with van der Waals surface area (Å²) in [4.78, 5) is 33.7. The van der Waals surface area contributed by atoms with E-state index in [0.29, 0.717) is 15.7 Å². The third-order valence-electron chi connectivity index (χ3n) is 5.19. The maximum Gasteiger partial charge on any atom is 0.318 e. The fraction of sp³-hybridized carbons (Fsp3) is 0.154. The molecule has 0 aliphatic heterocycles. The van der Waals surface area contributed by atoms with Crippen molar-refractivity contribution >= 4 is 45.0 Å². The smallest absolute Gasteiger partial charge is 0.318 e. The standard InChI is InChI=1S/C26H21BrN4O7/c1-3-16-5-7-19(8-6-16)29-26(32)18(15-28)11-17-12-21(27)25(24(13-17)37-4-2)38-23-10-9-20(30(33)34)14-22(23)31(35)36/h5-14H,3-4H2,1-2H3,(H,29,32)/b18-11-. The number of nitro benzene ring substituents is 2. The van der Waals surface area contributed by atoms with Crippen LogP contribution in [0.15, 0.2) is 64.6 Å². The van der Waals surface area contributed by atoms with Gasteiger partial charge in [0.05, 0.1) is 27.0 Å². The molecule has 3 rings (SSSR count). The molecular weight excluding hydrogens is 560 g/mol. The van der Waals surface area contributed by atoms with E-state index in [1.807, 2.05) is 25.1 Å². The molecule has 0 radical (unpaired) electrons. The number of anilines is 1. The van der Waals surface area contributed by atoms with Crippen molar-refractivity contribution in [2.75, 3.05) is 11.9 Å². The number of halogens is 1. The molecule has 0 aliphatic carbocycles. The van der Waals surface area contributed by atoms with E-state index in [9.17, 15) is 30.3 Å². The van der Waals surface area contributed by atoms with Crippen LogP contribution in [0.1, 0.15) is 25.0 Å². The van der Waals surface area contributed by atoms with Crippen molar-refractivity contribution in [2.45, 2.75) is 20.3 Å². The summed E-state index contributed by atoms with van der Waals surface area (Å²) in [7, 11) is 0. The SMILES string of the molecule is CCOc1cc(/C=C(/C#N)C(=O)Nc2ccc(CC)cc2)cc(Br)c1Oc1ccc([N+](=O)[O-])cc1[N+](=O)[O-]. The number of nitro groups is 2. The number of aryl methyl sites for hydroxylation is 1. The van der Waals surface area contributed by atoms with Gasteiger partial charge >= 0.3 is 5.69 Å². The number of ether oxygens (including phenoxy) is 2. The lowest BCUT2D eigenvalue weighted by atomic mass is 10.1. The van der Waals surface area contributed by atoms with Crippen molar-refractivity contribution in [3.63, 3.8) is 0 Å². The number of benzene rings is 3. The number of nitriles is 1. The predicted molar refractivity (Wildman–Crippen MR) is 143 cm³/mol. The van der Waals surface area contributed by atoms with Gasteiger partial charge in [0.25, 0.3) is 11.6 Å². The van der Waals surface area contributed by atoms with Crippen LogP contribution >= 0.6 is 15.9 Å². The first-order valence-electron chi connectivity index (χ1n) is 11.3. The second-order valence-electron chi connectivity index (χ2n) is 7.71. The number of rotatable bonds is 10. The average Bonchev–Trinajstić information content (AvgIpc) is 2.89. The molecule has 12 heteroatoms. The van der Waals surface area contributed by atoms with Crippen LogP contribution in [0.3, 0.4) is 0 Å². The molecule has 0 saturated heterocycles. The molecule has 0 heterocycles. The highest BCUT2D eigenvalue weighted by molar-refractivity contribution is 9.10. The summed E-state index contributed by atoms with van der Waals surface area (Å²) in [5.41, 5.74) is 0.828. The van der Waals surface area contributed by atoms with Crippen molar-refractivity contribution in [2.24, 2.45) is 0 Å². The first-order chi connectivity index (χ1) is 18.2. The van der Waals surface area contributed by atoms with Crippen LogP contribution in [0.5, 0.6) is 17.2 Å². The molecule has 0 saturated carbocycles. The van der Waals surface area contributed by atoms with Crippen LogP contribution in [-0.2, 0) is 11.2 Å². The zero-order chi connectivity index (χ0) is 27.8. The van der Waals surface area contributed by atoms with Gasteiger partial charge in [-0.25, -0.2) is 0 Å². The molecule has 0 atom stereocenters. The van der Waals surface area contributed by atoms with Gasteiger partial charge in [0.15, 0.2) is 11.5 Å². The Morgan fingerprint density at radius 3 is 2.34 bits per heavy atom. The van der Waals surface area contributed by atoms with E-state index in [1.54, 1.807) is 19.1 Å². The average molecular weight is 581 g/mol. The minimum absolute atomic E-state index is 0.0694. The molecular formula is C26H21BrN4O7. The zero-order valence-electron chi connectivity index (χ0n) is 20.3. The van der Waals surface area contributed by atoms with Gasteiger partial charge in [0.2, 0.25) is 5.75 Å². The van der Waals surface area contributed by atoms with Crippen LogP contribution in [0.25, 0.3) is 6.08 Å². The highest BCUT2D eigenvalue weighted by Gasteiger charge is 2.24. The molecule has 194 valence electrons. The van der Waals surface area contributed by atoms with E-state index in [1.165, 1.54) is 18.2 Å². The largest absolute Gasteiger partial charge is 0.490 e. The zero-order valence-corrected chi connectivity index (χ0v) is 21.9. The van der Waals surface area contributed by atoms with E-state index in [-0.39, 0.29) is 29.4 Å². The number of non-ortho nitro benzene ring substituents is 1. The predicted octanol–water partition coefficient (Wildman–Crippen LogP) is 6.56. The van der Waals surface area contributed by atoms with Gasteiger partial charge in [-0.3, -0.25) is 25.0 Å². The van der Waals surface area contributed by atoms with Crippen LogP contribution in [0.2, 0.25) is 0 Å². The van der Waals surface area contributed by atoms with Gasteiger partial charge < -0.3 is 14.8 Å². The number of nitrogens with one attached hydrogen (secondary N) is 1. The fourth-order valence-corrected chi connectivity index (χ4v) is 3.87. The third kappa shape index (κ3) is 6.71. The van der Waals surface area contributed by atoms with Crippen molar-refractivity contribution in [1.29, 1.82) is 5.26 Å². The lowest BCUT2D eigenvalue weighted by Gasteiger charge is -2.14. The lowest BCUT2D eigenvalue weighted by Crippen LogP contribution is -2.13. The van der Waals surface area contributed by atoms with Crippen LogP contribution in [0, 0.1) is 31.6 Å². The summed E-state index contributed by atoms with van der Waals surface area (Å²) in [6.45, 7) is 3.94. The van der Waals surface area contributed by atoms with Gasteiger partial charge in [0, 0.05) is 11.8 Å². The van der Waals surface area contributed by atoms with Crippen molar-refractivity contribution in [3.05, 3.63) is 96.0 Å². The van der Waals surface area contributed by atoms with E-state index in [4.69, 9.17) is 9.47 Å². The summed E-state index contributed by atoms with van der Waals surface area (Å²) in [6, 6.07) is 15.2. The molecule has 1 amide bonds. The normalized spacial score (nSPS) is 10.8. The van der Waals surface area contributed by atoms with E-state index in [2.05, 4.69) is 21.2 Å². The van der Waals surface area contributed by atoms with E-state index in [0.717, 1.165) is 30.2 Å². The molecule has 0 aromatic heterocycles. The number of hydrogen-bond acceptors (Lipinski definition) is 8. The molecule has 38 heavy (non-hydrogen) atoms. The summed E-state index contributed by atoms with van der Waals surface area (Å²) in [6.07, 6.45) is 2.22. The minimum atomic E-state index is -0.790. The van der Waals surface area contributed by atoms with E-state index >= 15 is 0 Å². The first kappa shape index (κ1) is 27.8. The second kappa shape index (κ2) is 12.5. The summed E-state index contributed by atoms with van der Waals surface area (Å²) in [5.74, 6) is -0.613. The topological polar surface area (TPSA) is 158 Å². The molecule has 0 bridgehead atoms. The van der Waals surface area contributed by atoms with Gasteiger partial charge in [0.1, 0.15) is 11.6 Å². The van der Waals surface area contributed by atoms with Gasteiger partial charge in [-0.05, 0) is 76.8 Å². The summed E-state index contributed by atoms with van der Waals surface area (Å²) >= 11 is 3.35. The van der Waals surface area contributed by atoms with Crippen molar-refractivity contribution < 1.29 is 24.1 Å². The van der Waals surface area contributed by atoms with Crippen LogP contribution in [0.4, 0.5) is 17.1 Å². The van der Waals surface area contributed by atoms with Crippen LogP contribution in [-0.4, -0.2) is 22.4 Å². The highest BCUT2D eigenvalue weighted by atomic mass is 79.9. The number of nitrogens with zero attached hydrogens (tertiary/aromatic N) is 3. The van der Waals surface area contributed by atoms with Crippen molar-refractivity contribution in [3.8, 4) is 23.3 Å². The molecule has 1 N–H and O–H groups in total. The Hall–Kier alpha value is -4.76. The monoisotopic (exact) mass is 580 g/mol. The van der Waals surface area contributed by atoms with Gasteiger partial charge in [-0.1, -0.05) is 19.1 Å².